The second-order valence-corrected chi connectivity index (χ2v) is 18.6. The van der Waals surface area contributed by atoms with Crippen molar-refractivity contribution in [3.63, 3.8) is 0 Å². The average Bonchev–Trinajstić information content (AvgIpc) is 3.33. The number of esters is 1. The van der Waals surface area contributed by atoms with Crippen LogP contribution in [-0.2, 0) is 59.1 Å². The summed E-state index contributed by atoms with van der Waals surface area (Å²) < 4.78 is 5.67. The van der Waals surface area contributed by atoms with E-state index in [4.69, 9.17) is 16.2 Å². The highest BCUT2D eigenvalue weighted by Crippen LogP contribution is 2.20. The van der Waals surface area contributed by atoms with Crippen molar-refractivity contribution in [2.75, 3.05) is 20.2 Å². The Hall–Kier alpha value is -7.63. The highest BCUT2D eigenvalue weighted by Gasteiger charge is 2.38. The molecule has 408 valence electrons. The summed E-state index contributed by atoms with van der Waals surface area (Å²) in [6, 6.07) is -0.217. The van der Waals surface area contributed by atoms with E-state index < -0.39 is 139 Å². The van der Waals surface area contributed by atoms with Crippen LogP contribution >= 0.6 is 0 Å². The van der Waals surface area contributed by atoms with Crippen LogP contribution in [-0.4, -0.2) is 148 Å². The number of hydrogen-bond donors (Lipinski definition) is 11. The highest BCUT2D eigenvalue weighted by molar-refractivity contribution is 6.00. The summed E-state index contributed by atoms with van der Waals surface area (Å²) in [5, 5.41) is 45.2. The van der Waals surface area contributed by atoms with Crippen LogP contribution in [0, 0.1) is 23.7 Å². The quantitative estimate of drug-likeness (QED) is 0.0248. The molecule has 1 unspecified atom stereocenters. The number of aliphatic hydroxyl groups excluding tert-OH is 1. The molecule has 24 heteroatoms. The van der Waals surface area contributed by atoms with E-state index in [2.05, 4.69) is 43.5 Å². The molecular formula is C50H74N10O14. The van der Waals surface area contributed by atoms with Gasteiger partial charge in [-0.3, -0.25) is 43.3 Å². The number of carbonyl (C=O) groups excluding carboxylic acids is 8. The maximum Gasteiger partial charge on any atom is 0.327 e. The summed E-state index contributed by atoms with van der Waals surface area (Å²) in [5.41, 5.74) is 12.0. The number of carboxylic acids is 2. The highest BCUT2D eigenvalue weighted by atomic mass is 16.5. The van der Waals surface area contributed by atoms with Gasteiger partial charge in [-0.25, -0.2) is 9.59 Å². The topological polar surface area (TPSA) is 380 Å². The zero-order valence-corrected chi connectivity index (χ0v) is 43.2. The van der Waals surface area contributed by atoms with Crippen molar-refractivity contribution in [1.29, 1.82) is 0 Å². The number of allylic oxidation sites excluding steroid dienone is 2. The van der Waals surface area contributed by atoms with Gasteiger partial charge in [-0.1, -0.05) is 95.3 Å². The average molecular weight is 1040 g/mol. The fourth-order valence-corrected chi connectivity index (χ4v) is 7.59. The molecule has 1 fully saturated rings. The Kier molecular flexibility index (Phi) is 25.7. The maximum absolute atomic E-state index is 14.4. The molecule has 13 N–H and O–H groups in total. The molecule has 0 spiro atoms. The Bertz CT molecular complexity index is 2280. The standard InChI is InChI=1S/C50H74N10O14/c1-26(2)22-37-46(68)59-41(49(72)73)30(6)43(65)55-35(16-13-21-53-50(51)52)45(67)54-34(18-17-27(3)23-28(4)39(74-32(8)62)24-33-14-11-10-12-15-33)29(5)42(64)56-36(48(70)71)19-20-40(63)60(9)31(7)44(66)58-38(25-61)47(69)57-37/h10-12,14-15,17-18,23,26,28-30,34-39,41,61H,7,13,16,19-22,24-25H2,1-6,8-9H3,(H,54,67)(H,55,65)(H,56,64)(H,57,69)(H,58,66)(H,59,68)(H,70,71)(H,72,73)(H4,51,52,53)/b18-17+,27-23+/t28-,29-,30?,34-,35-,36+,37-,38+,39-,41+/m0/s1. The van der Waals surface area contributed by atoms with Gasteiger partial charge in [0, 0.05) is 39.3 Å². The number of aliphatic carboxylic acids is 2. The number of carbonyl (C=O) groups is 10. The Balaban J connectivity index is 2.78. The predicted molar refractivity (Wildman–Crippen MR) is 271 cm³/mol. The first kappa shape index (κ1) is 62.5. The molecular weight excluding hydrogens is 965 g/mol. The number of nitrogens with two attached hydrogens (primary N) is 2. The van der Waals surface area contributed by atoms with Crippen LogP contribution in [0.15, 0.2) is 71.4 Å². The lowest BCUT2D eigenvalue weighted by Crippen LogP contribution is -2.59. The molecule has 0 radical (unpaired) electrons. The van der Waals surface area contributed by atoms with Crippen molar-refractivity contribution in [2.45, 2.75) is 129 Å². The number of aliphatic imine (C=N–C) groups is 1. The van der Waals surface area contributed by atoms with Gasteiger partial charge in [0.15, 0.2) is 5.96 Å². The number of benzene rings is 1. The zero-order chi connectivity index (χ0) is 56.0. The van der Waals surface area contributed by atoms with Gasteiger partial charge in [0.2, 0.25) is 35.4 Å². The third-order valence-electron chi connectivity index (χ3n) is 12.0. The summed E-state index contributed by atoms with van der Waals surface area (Å²) in [4.78, 5) is 138. The van der Waals surface area contributed by atoms with E-state index in [9.17, 15) is 63.3 Å². The van der Waals surface area contributed by atoms with Gasteiger partial charge in [0.05, 0.1) is 24.5 Å². The first-order valence-corrected chi connectivity index (χ1v) is 24.1. The molecule has 1 aromatic rings. The SMILES string of the molecule is C=C1C(=O)N[C@H](CO)C(=O)N[C@@H](CC(C)C)C(=O)N[C@@H](C(=O)O)C(C)C(=O)N[C@@H](CCCN=C(N)N)C(=O)N[C@@H](/C=C/C(C)=C/[C@H](C)[C@H](Cc2ccccc2)OC(C)=O)[C@H](C)C(=O)N[C@@H](C(=O)O)CCC(=O)N1C. The summed E-state index contributed by atoms with van der Waals surface area (Å²) in [5.74, 6) is -14.4. The number of likely N-dealkylation sites (N-methyl/N-ethyl adjacent to an activating group) is 1. The first-order chi connectivity index (χ1) is 34.7. The van der Waals surface area contributed by atoms with Gasteiger partial charge >= 0.3 is 17.9 Å². The van der Waals surface area contributed by atoms with E-state index in [-0.39, 0.29) is 43.6 Å². The molecule has 74 heavy (non-hydrogen) atoms. The Morgan fingerprint density at radius 1 is 0.824 bits per heavy atom. The van der Waals surface area contributed by atoms with Crippen LogP contribution in [0.1, 0.15) is 86.1 Å². The van der Waals surface area contributed by atoms with Crippen LogP contribution in [0.2, 0.25) is 0 Å². The van der Waals surface area contributed by atoms with E-state index in [1.165, 1.54) is 26.8 Å². The number of rotatable bonds is 16. The molecule has 2 rings (SSSR count). The lowest BCUT2D eigenvalue weighted by Gasteiger charge is -2.28. The first-order valence-electron chi connectivity index (χ1n) is 24.1. The fourth-order valence-electron chi connectivity index (χ4n) is 7.59. The van der Waals surface area contributed by atoms with Gasteiger partial charge in [0.25, 0.3) is 5.91 Å². The number of nitrogens with zero attached hydrogens (tertiary/aromatic N) is 2. The largest absolute Gasteiger partial charge is 0.480 e. The smallest absolute Gasteiger partial charge is 0.327 e. The number of hydrogen-bond acceptors (Lipinski definition) is 13. The number of guanidine groups is 1. The van der Waals surface area contributed by atoms with Crippen LogP contribution in [0.25, 0.3) is 0 Å². The molecule has 0 bridgehead atoms. The van der Waals surface area contributed by atoms with Crippen molar-refractivity contribution >= 4 is 65.2 Å². The second kappa shape index (κ2) is 30.4. The van der Waals surface area contributed by atoms with E-state index in [1.54, 1.807) is 26.8 Å². The monoisotopic (exact) mass is 1040 g/mol. The summed E-state index contributed by atoms with van der Waals surface area (Å²) in [6.45, 7) is 13.4. The lowest BCUT2D eigenvalue weighted by atomic mass is 9.94. The molecule has 24 nitrogen and oxygen atoms in total. The minimum atomic E-state index is -1.95. The minimum absolute atomic E-state index is 0.0129. The molecule has 0 aromatic heterocycles. The van der Waals surface area contributed by atoms with Crippen LogP contribution in [0.5, 0.6) is 0 Å². The Morgan fingerprint density at radius 3 is 1.99 bits per heavy atom. The van der Waals surface area contributed by atoms with Gasteiger partial charge in [-0.15, -0.1) is 0 Å². The van der Waals surface area contributed by atoms with Crippen LogP contribution in [0.4, 0.5) is 0 Å². The normalized spacial score (nSPS) is 24.7. The van der Waals surface area contributed by atoms with Crippen LogP contribution in [0.3, 0.4) is 0 Å². The molecule has 1 aliphatic heterocycles. The molecule has 1 heterocycles. The number of nitrogens with one attached hydrogen (secondary N) is 6. The minimum Gasteiger partial charge on any atom is -0.480 e. The molecule has 7 amide bonds. The fraction of sp³-hybridized carbons (Fsp3) is 0.540. The lowest BCUT2D eigenvalue weighted by molar-refractivity contribution is -0.148. The number of ether oxygens (including phenoxy) is 1. The van der Waals surface area contributed by atoms with E-state index >= 15 is 0 Å². The van der Waals surface area contributed by atoms with E-state index in [0.717, 1.165) is 17.5 Å². The predicted octanol–water partition coefficient (Wildman–Crippen LogP) is -0.493. The van der Waals surface area contributed by atoms with Gasteiger partial charge in [-0.2, -0.15) is 0 Å². The third-order valence-corrected chi connectivity index (χ3v) is 12.0. The summed E-state index contributed by atoms with van der Waals surface area (Å²) in [6.07, 6.45) is 3.44. The number of amides is 7. The third kappa shape index (κ3) is 20.8. The summed E-state index contributed by atoms with van der Waals surface area (Å²) in [7, 11) is 1.15. The van der Waals surface area contributed by atoms with Crippen molar-refractivity contribution in [3.8, 4) is 0 Å². The zero-order valence-electron chi connectivity index (χ0n) is 43.2. The molecule has 0 saturated carbocycles. The van der Waals surface area contributed by atoms with Gasteiger partial charge in [0.1, 0.15) is 42.0 Å². The van der Waals surface area contributed by atoms with E-state index in [1.807, 2.05) is 43.3 Å². The number of carboxylic acid groups (broad SMARTS) is 2. The van der Waals surface area contributed by atoms with Crippen molar-refractivity contribution in [3.05, 3.63) is 72.0 Å². The van der Waals surface area contributed by atoms with Crippen molar-refractivity contribution in [1.82, 2.24) is 36.8 Å². The molecule has 0 aliphatic carbocycles. The molecule has 1 aliphatic rings. The van der Waals surface area contributed by atoms with E-state index in [0.29, 0.717) is 12.0 Å². The number of aliphatic hydroxyl groups is 1. The van der Waals surface area contributed by atoms with Gasteiger partial charge < -0.3 is 68.3 Å². The Morgan fingerprint density at radius 2 is 1.42 bits per heavy atom. The van der Waals surface area contributed by atoms with Crippen LogP contribution < -0.4 is 43.4 Å². The second-order valence-electron chi connectivity index (χ2n) is 18.6. The molecule has 1 aromatic carbocycles. The molecule has 10 atom stereocenters. The van der Waals surface area contributed by atoms with Crippen molar-refractivity contribution < 1.29 is 68.0 Å². The van der Waals surface area contributed by atoms with Crippen molar-refractivity contribution in [2.24, 2.45) is 40.1 Å². The molecule has 1 saturated heterocycles. The maximum atomic E-state index is 14.4. The summed E-state index contributed by atoms with van der Waals surface area (Å²) >= 11 is 0. The Labute approximate surface area is 430 Å². The van der Waals surface area contributed by atoms with Gasteiger partial charge in [-0.05, 0) is 44.1 Å².